The first-order chi connectivity index (χ1) is 10.4. The lowest BCUT2D eigenvalue weighted by Crippen LogP contribution is -2.12. The fraction of sp³-hybridized carbons (Fsp3) is 0.267. The van der Waals surface area contributed by atoms with Crippen LogP contribution >= 0.6 is 11.3 Å². The second-order valence-electron chi connectivity index (χ2n) is 4.57. The summed E-state index contributed by atoms with van der Waals surface area (Å²) < 4.78 is 42.6. The Balaban J connectivity index is 1.94. The Bertz CT molecular complexity index is 689. The van der Waals surface area contributed by atoms with Crippen molar-refractivity contribution in [3.05, 3.63) is 51.2 Å². The molecule has 1 heterocycles. The van der Waals surface area contributed by atoms with Gasteiger partial charge in [-0.25, -0.2) is 0 Å². The third kappa shape index (κ3) is 4.00. The van der Waals surface area contributed by atoms with Gasteiger partial charge in [-0.3, -0.25) is 0 Å². The molecule has 0 bridgehead atoms. The zero-order valence-electron chi connectivity index (χ0n) is 11.7. The highest BCUT2D eigenvalue weighted by Gasteiger charge is 2.32. The summed E-state index contributed by atoms with van der Waals surface area (Å²) in [7, 11) is 1.48. The van der Waals surface area contributed by atoms with Crippen molar-refractivity contribution in [2.24, 2.45) is 0 Å². The molecule has 1 aromatic heterocycles. The van der Waals surface area contributed by atoms with Crippen molar-refractivity contribution in [3.8, 4) is 11.8 Å². The van der Waals surface area contributed by atoms with Gasteiger partial charge in [0.2, 0.25) is 0 Å². The van der Waals surface area contributed by atoms with Crippen molar-refractivity contribution in [1.82, 2.24) is 5.32 Å². The van der Waals surface area contributed by atoms with E-state index in [4.69, 9.17) is 10.00 Å². The average Bonchev–Trinajstić information content (AvgIpc) is 2.96. The molecule has 0 spiro atoms. The smallest absolute Gasteiger partial charge is 0.425 e. The van der Waals surface area contributed by atoms with Gasteiger partial charge in [-0.05, 0) is 34.7 Å². The zero-order valence-corrected chi connectivity index (χ0v) is 12.5. The van der Waals surface area contributed by atoms with Crippen LogP contribution in [0.15, 0.2) is 29.6 Å². The van der Waals surface area contributed by atoms with Gasteiger partial charge in [0, 0.05) is 13.1 Å². The molecule has 0 saturated carbocycles. The van der Waals surface area contributed by atoms with E-state index in [0.717, 1.165) is 11.6 Å². The molecule has 0 amide bonds. The third-order valence-electron chi connectivity index (χ3n) is 2.98. The molecule has 0 fully saturated rings. The maximum absolute atomic E-state index is 12.5. The van der Waals surface area contributed by atoms with Gasteiger partial charge >= 0.3 is 6.18 Å². The van der Waals surface area contributed by atoms with E-state index in [0.29, 0.717) is 41.3 Å². The topological polar surface area (TPSA) is 45.0 Å². The Hall–Kier alpha value is -2.04. The molecule has 0 aliphatic rings. The molecule has 0 atom stereocenters. The first-order valence-electron chi connectivity index (χ1n) is 6.36. The van der Waals surface area contributed by atoms with Crippen molar-refractivity contribution in [2.45, 2.75) is 19.3 Å². The summed E-state index contributed by atoms with van der Waals surface area (Å²) in [5.74, 6) is 0.483. The molecule has 7 heteroatoms. The number of thiophene rings is 1. The molecule has 2 aromatic rings. The Morgan fingerprint density at radius 1 is 1.23 bits per heavy atom. The number of nitriles is 1. The van der Waals surface area contributed by atoms with Crippen LogP contribution in [0.2, 0.25) is 0 Å². The minimum atomic E-state index is -4.29. The summed E-state index contributed by atoms with van der Waals surface area (Å²) in [4.78, 5) is -0.593. The Morgan fingerprint density at radius 2 is 1.95 bits per heavy atom. The van der Waals surface area contributed by atoms with Crippen LogP contribution < -0.4 is 10.1 Å². The molecule has 0 aliphatic heterocycles. The second kappa shape index (κ2) is 6.81. The molecule has 116 valence electrons. The summed E-state index contributed by atoms with van der Waals surface area (Å²) in [6.07, 6.45) is -4.29. The zero-order chi connectivity index (χ0) is 16.2. The summed E-state index contributed by atoms with van der Waals surface area (Å²) in [5.41, 5.74) is 1.93. The number of rotatable bonds is 5. The molecular formula is C15H13F3N2OS. The van der Waals surface area contributed by atoms with Crippen LogP contribution in [0.3, 0.4) is 0 Å². The van der Waals surface area contributed by atoms with Gasteiger partial charge in [0.25, 0.3) is 0 Å². The van der Waals surface area contributed by atoms with Crippen LogP contribution in [-0.4, -0.2) is 7.11 Å². The number of methoxy groups -OCH3 is 1. The van der Waals surface area contributed by atoms with E-state index >= 15 is 0 Å². The average molecular weight is 326 g/mol. The standard InChI is InChI=1S/C15H13F3N2OS/c1-21-13-4-10(2-3-12(13)6-19)7-20-8-11-5-14(22-9-11)15(16,17)18/h2-5,9,20H,7-8H2,1H3. The number of alkyl halides is 3. The number of nitrogens with zero attached hydrogens (tertiary/aromatic N) is 1. The lowest BCUT2D eigenvalue weighted by Gasteiger charge is -2.07. The normalized spacial score (nSPS) is 11.2. The van der Waals surface area contributed by atoms with Gasteiger partial charge in [-0.2, -0.15) is 18.4 Å². The predicted molar refractivity (Wildman–Crippen MR) is 77.6 cm³/mol. The molecule has 0 unspecified atom stereocenters. The molecule has 0 saturated heterocycles. The highest BCUT2D eigenvalue weighted by Crippen LogP contribution is 2.34. The monoisotopic (exact) mass is 326 g/mol. The molecule has 0 aliphatic carbocycles. The highest BCUT2D eigenvalue weighted by molar-refractivity contribution is 7.10. The van der Waals surface area contributed by atoms with Gasteiger partial charge in [0.1, 0.15) is 16.7 Å². The number of halogens is 3. The number of benzene rings is 1. The first kappa shape index (κ1) is 16.3. The quantitative estimate of drug-likeness (QED) is 0.905. The van der Waals surface area contributed by atoms with Gasteiger partial charge in [0.05, 0.1) is 12.7 Å². The van der Waals surface area contributed by atoms with E-state index in [1.54, 1.807) is 18.2 Å². The van der Waals surface area contributed by atoms with Crippen LogP contribution in [0.25, 0.3) is 0 Å². The summed E-state index contributed by atoms with van der Waals surface area (Å²) >= 11 is 0.693. The van der Waals surface area contributed by atoms with E-state index < -0.39 is 11.1 Å². The van der Waals surface area contributed by atoms with E-state index in [9.17, 15) is 13.2 Å². The highest BCUT2D eigenvalue weighted by atomic mass is 32.1. The van der Waals surface area contributed by atoms with E-state index in [-0.39, 0.29) is 0 Å². The van der Waals surface area contributed by atoms with Crippen LogP contribution in [-0.2, 0) is 19.3 Å². The largest absolute Gasteiger partial charge is 0.495 e. The Labute approximate surface area is 130 Å². The molecular weight excluding hydrogens is 313 g/mol. The van der Waals surface area contributed by atoms with Gasteiger partial charge in [0.15, 0.2) is 0 Å². The van der Waals surface area contributed by atoms with Crippen molar-refractivity contribution in [3.63, 3.8) is 0 Å². The summed E-state index contributed by atoms with van der Waals surface area (Å²) in [6, 6.07) is 8.34. The number of ether oxygens (including phenoxy) is 1. The molecule has 2 rings (SSSR count). The van der Waals surface area contributed by atoms with Crippen LogP contribution in [0, 0.1) is 11.3 Å². The SMILES string of the molecule is COc1cc(CNCc2csc(C(F)(F)F)c2)ccc1C#N. The Morgan fingerprint density at radius 3 is 2.55 bits per heavy atom. The van der Waals surface area contributed by atoms with Crippen molar-refractivity contribution < 1.29 is 17.9 Å². The van der Waals surface area contributed by atoms with Crippen LogP contribution in [0.4, 0.5) is 13.2 Å². The van der Waals surface area contributed by atoms with Crippen molar-refractivity contribution >= 4 is 11.3 Å². The minimum absolute atomic E-state index is 0.342. The van der Waals surface area contributed by atoms with Gasteiger partial charge in [-0.1, -0.05) is 6.07 Å². The van der Waals surface area contributed by atoms with E-state index in [1.807, 2.05) is 6.07 Å². The molecule has 22 heavy (non-hydrogen) atoms. The second-order valence-corrected chi connectivity index (χ2v) is 5.48. The number of nitrogens with one attached hydrogen (secondary N) is 1. The van der Waals surface area contributed by atoms with E-state index in [2.05, 4.69) is 5.32 Å². The number of hydrogen-bond acceptors (Lipinski definition) is 4. The van der Waals surface area contributed by atoms with Gasteiger partial charge in [-0.15, -0.1) is 11.3 Å². The van der Waals surface area contributed by atoms with Gasteiger partial charge < -0.3 is 10.1 Å². The molecule has 0 radical (unpaired) electrons. The van der Waals surface area contributed by atoms with Crippen LogP contribution in [0.5, 0.6) is 5.75 Å². The van der Waals surface area contributed by atoms with E-state index in [1.165, 1.54) is 12.5 Å². The predicted octanol–water partition coefficient (Wildman–Crippen LogP) is 3.94. The lowest BCUT2D eigenvalue weighted by atomic mass is 10.1. The minimum Gasteiger partial charge on any atom is -0.495 e. The van der Waals surface area contributed by atoms with Crippen molar-refractivity contribution in [2.75, 3.05) is 7.11 Å². The summed E-state index contributed by atoms with van der Waals surface area (Å²) in [6.45, 7) is 0.814. The number of hydrogen-bond donors (Lipinski definition) is 1. The Kier molecular flexibility index (Phi) is 5.06. The fourth-order valence-electron chi connectivity index (χ4n) is 1.91. The van der Waals surface area contributed by atoms with Crippen LogP contribution in [0.1, 0.15) is 21.6 Å². The maximum atomic E-state index is 12.5. The maximum Gasteiger partial charge on any atom is 0.425 e. The van der Waals surface area contributed by atoms with Crippen molar-refractivity contribution in [1.29, 1.82) is 5.26 Å². The fourth-order valence-corrected chi connectivity index (χ4v) is 2.69. The molecule has 3 nitrogen and oxygen atoms in total. The molecule has 1 aromatic carbocycles. The summed E-state index contributed by atoms with van der Waals surface area (Å²) in [5, 5.41) is 13.5. The first-order valence-corrected chi connectivity index (χ1v) is 7.24. The lowest BCUT2D eigenvalue weighted by molar-refractivity contribution is -0.134. The third-order valence-corrected chi connectivity index (χ3v) is 4.00. The molecule has 1 N–H and O–H groups in total.